The molecule has 0 bridgehead atoms. The van der Waals surface area contributed by atoms with Crippen molar-refractivity contribution in [3.63, 3.8) is 0 Å². The molecule has 1 heterocycles. The van der Waals surface area contributed by atoms with Crippen LogP contribution < -0.4 is 14.2 Å². The molecule has 1 atom stereocenters. The number of amides is 1. The Bertz CT molecular complexity index is 1170. The van der Waals surface area contributed by atoms with E-state index < -0.39 is 17.7 Å². The Morgan fingerprint density at radius 1 is 1.08 bits per heavy atom. The molecule has 0 radical (unpaired) electrons. The minimum absolute atomic E-state index is 0.0382. The van der Waals surface area contributed by atoms with Crippen LogP contribution in [0.3, 0.4) is 0 Å². The second kappa shape index (κ2) is 11.8. The molecule has 0 aliphatic carbocycles. The van der Waals surface area contributed by atoms with Crippen LogP contribution in [-0.4, -0.2) is 74.6 Å². The summed E-state index contributed by atoms with van der Waals surface area (Å²) in [6.07, 6.45) is 2.29. The van der Waals surface area contributed by atoms with Gasteiger partial charge in [-0.15, -0.1) is 0 Å². The molecule has 0 spiro atoms. The number of rotatable bonds is 11. The third kappa shape index (κ3) is 5.54. The number of ketones is 1. The summed E-state index contributed by atoms with van der Waals surface area (Å²) in [4.78, 5) is 30.0. The highest BCUT2D eigenvalue weighted by atomic mass is 16.5. The first-order valence-electron chi connectivity index (χ1n) is 11.7. The van der Waals surface area contributed by atoms with Gasteiger partial charge in [-0.25, -0.2) is 0 Å². The zero-order chi connectivity index (χ0) is 26.4. The van der Waals surface area contributed by atoms with E-state index in [1.165, 1.54) is 12.0 Å². The normalized spacial score (nSPS) is 16.9. The number of benzene rings is 2. The van der Waals surface area contributed by atoms with Gasteiger partial charge in [-0.05, 0) is 75.4 Å². The van der Waals surface area contributed by atoms with Gasteiger partial charge >= 0.3 is 0 Å². The number of ether oxygens (including phenoxy) is 3. The molecule has 0 aromatic heterocycles. The van der Waals surface area contributed by atoms with Crippen LogP contribution in [0.1, 0.15) is 29.2 Å². The lowest BCUT2D eigenvalue weighted by atomic mass is 9.94. The molecule has 0 saturated carbocycles. The average Bonchev–Trinajstić information content (AvgIpc) is 3.11. The topological polar surface area (TPSA) is 88.5 Å². The molecule has 2 aromatic carbocycles. The van der Waals surface area contributed by atoms with Crippen molar-refractivity contribution in [2.75, 3.05) is 48.0 Å². The van der Waals surface area contributed by atoms with Crippen molar-refractivity contribution < 1.29 is 28.9 Å². The van der Waals surface area contributed by atoms with Gasteiger partial charge in [0.25, 0.3) is 11.7 Å². The Labute approximate surface area is 212 Å². The number of hydrogen-bond acceptors (Lipinski definition) is 7. The second-order valence-corrected chi connectivity index (χ2v) is 8.84. The van der Waals surface area contributed by atoms with Crippen LogP contribution in [0.15, 0.2) is 54.6 Å². The Balaban J connectivity index is 2.14. The van der Waals surface area contributed by atoms with E-state index in [1.54, 1.807) is 49.6 Å². The zero-order valence-electron chi connectivity index (χ0n) is 21.5. The highest BCUT2D eigenvalue weighted by Gasteiger charge is 2.46. The fourth-order valence-corrected chi connectivity index (χ4v) is 4.32. The van der Waals surface area contributed by atoms with Gasteiger partial charge in [0.1, 0.15) is 18.1 Å². The Hall–Kier alpha value is -3.78. The number of carbonyl (C=O) groups is 2. The second-order valence-electron chi connectivity index (χ2n) is 8.84. The molecule has 1 aliphatic rings. The first-order valence-corrected chi connectivity index (χ1v) is 11.7. The number of nitrogens with zero attached hydrogens (tertiary/aromatic N) is 2. The summed E-state index contributed by atoms with van der Waals surface area (Å²) < 4.78 is 16.5. The van der Waals surface area contributed by atoms with E-state index >= 15 is 0 Å². The zero-order valence-corrected chi connectivity index (χ0v) is 21.5. The molecule has 1 aliphatic heterocycles. The van der Waals surface area contributed by atoms with Crippen LogP contribution in [0, 0.1) is 6.92 Å². The summed E-state index contributed by atoms with van der Waals surface area (Å²) in [6.45, 7) is 6.90. The fourth-order valence-electron chi connectivity index (χ4n) is 4.32. The lowest BCUT2D eigenvalue weighted by Gasteiger charge is -2.26. The third-order valence-corrected chi connectivity index (χ3v) is 6.07. The number of aryl methyl sites for hydroxylation is 1. The molecular formula is C28H34N2O6. The third-order valence-electron chi connectivity index (χ3n) is 6.07. The maximum atomic E-state index is 13.3. The van der Waals surface area contributed by atoms with Crippen molar-refractivity contribution in [1.82, 2.24) is 9.80 Å². The molecule has 1 N–H and O–H groups in total. The van der Waals surface area contributed by atoms with E-state index in [2.05, 4.69) is 6.58 Å². The summed E-state index contributed by atoms with van der Waals surface area (Å²) in [7, 11) is 6.99. The van der Waals surface area contributed by atoms with E-state index in [4.69, 9.17) is 14.2 Å². The van der Waals surface area contributed by atoms with Crippen molar-refractivity contribution in [1.29, 1.82) is 0 Å². The number of Topliss-reactive ketones (excluding diaryl/α,β-unsaturated/α-hetero) is 1. The highest BCUT2D eigenvalue weighted by molar-refractivity contribution is 6.46. The van der Waals surface area contributed by atoms with Gasteiger partial charge in [0, 0.05) is 12.1 Å². The minimum Gasteiger partial charge on any atom is -0.507 e. The van der Waals surface area contributed by atoms with Crippen molar-refractivity contribution in [2.45, 2.75) is 19.4 Å². The van der Waals surface area contributed by atoms with E-state index in [-0.39, 0.29) is 11.3 Å². The quantitative estimate of drug-likeness (QED) is 0.219. The molecule has 8 nitrogen and oxygen atoms in total. The van der Waals surface area contributed by atoms with Crippen LogP contribution in [0.5, 0.6) is 17.2 Å². The number of aliphatic hydroxyl groups is 1. The maximum absolute atomic E-state index is 13.3. The molecule has 36 heavy (non-hydrogen) atoms. The lowest BCUT2D eigenvalue weighted by Crippen LogP contribution is -2.32. The van der Waals surface area contributed by atoms with Crippen molar-refractivity contribution >= 4 is 17.4 Å². The minimum atomic E-state index is -0.781. The molecule has 3 rings (SSSR count). The Kier molecular flexibility index (Phi) is 8.77. The van der Waals surface area contributed by atoms with Crippen molar-refractivity contribution in [3.05, 3.63) is 71.3 Å². The van der Waals surface area contributed by atoms with Gasteiger partial charge in [-0.1, -0.05) is 18.7 Å². The first kappa shape index (κ1) is 26.8. The fraction of sp³-hybridized carbons (Fsp3) is 0.357. The monoisotopic (exact) mass is 494 g/mol. The summed E-state index contributed by atoms with van der Waals surface area (Å²) in [5.41, 5.74) is 1.90. The standard InChI is InChI=1S/C28H34N2O6/c1-7-15-36-22-12-9-19(17-23(22)35-6)25-24(26(31)20-10-11-21(34-5)18(2)16-20)27(32)28(33)30(25)14-8-13-29(3)4/h7,9-12,16-17,25,31H,1,8,13-15H2,2-6H3/b26-24+. The largest absolute Gasteiger partial charge is 0.507 e. The van der Waals surface area contributed by atoms with Crippen LogP contribution in [0.2, 0.25) is 0 Å². The van der Waals surface area contributed by atoms with E-state index in [0.717, 1.165) is 12.1 Å². The number of carbonyl (C=O) groups excluding carboxylic acids is 2. The van der Waals surface area contributed by atoms with Crippen LogP contribution in [0.25, 0.3) is 5.76 Å². The van der Waals surface area contributed by atoms with Crippen molar-refractivity contribution in [2.24, 2.45) is 0 Å². The van der Waals surface area contributed by atoms with Crippen molar-refractivity contribution in [3.8, 4) is 17.2 Å². The van der Waals surface area contributed by atoms with Gasteiger partial charge in [0.2, 0.25) is 0 Å². The number of methoxy groups -OCH3 is 2. The first-order chi connectivity index (χ1) is 17.2. The Morgan fingerprint density at radius 3 is 2.39 bits per heavy atom. The summed E-state index contributed by atoms with van der Waals surface area (Å²) in [6, 6.07) is 9.60. The van der Waals surface area contributed by atoms with E-state index in [0.29, 0.717) is 47.9 Å². The van der Waals surface area contributed by atoms with Gasteiger partial charge in [0.15, 0.2) is 11.5 Å². The van der Waals surface area contributed by atoms with Gasteiger partial charge < -0.3 is 29.1 Å². The summed E-state index contributed by atoms with van der Waals surface area (Å²) in [5.74, 6) is 0.0283. The number of aliphatic hydroxyl groups excluding tert-OH is 1. The molecule has 1 unspecified atom stereocenters. The molecular weight excluding hydrogens is 460 g/mol. The summed E-state index contributed by atoms with van der Waals surface area (Å²) in [5, 5.41) is 11.3. The molecule has 8 heteroatoms. The Morgan fingerprint density at radius 2 is 1.78 bits per heavy atom. The molecule has 1 fully saturated rings. The van der Waals surface area contributed by atoms with Crippen LogP contribution in [-0.2, 0) is 9.59 Å². The molecule has 1 amide bonds. The van der Waals surface area contributed by atoms with Gasteiger partial charge in [0.05, 0.1) is 25.8 Å². The highest BCUT2D eigenvalue weighted by Crippen LogP contribution is 2.42. The molecule has 1 saturated heterocycles. The smallest absolute Gasteiger partial charge is 0.295 e. The molecule has 2 aromatic rings. The van der Waals surface area contributed by atoms with Crippen LogP contribution in [0.4, 0.5) is 0 Å². The average molecular weight is 495 g/mol. The predicted molar refractivity (Wildman–Crippen MR) is 139 cm³/mol. The van der Waals surface area contributed by atoms with Crippen LogP contribution >= 0.6 is 0 Å². The SMILES string of the molecule is C=CCOc1ccc(C2/C(=C(\O)c3ccc(OC)c(C)c3)C(=O)C(=O)N2CCCN(C)C)cc1OC. The lowest BCUT2D eigenvalue weighted by molar-refractivity contribution is -0.139. The van der Waals surface area contributed by atoms with E-state index in [9.17, 15) is 14.7 Å². The van der Waals surface area contributed by atoms with Gasteiger partial charge in [-0.2, -0.15) is 0 Å². The molecule has 192 valence electrons. The predicted octanol–water partition coefficient (Wildman–Crippen LogP) is 3.95. The number of likely N-dealkylation sites (tertiary alicyclic amines) is 1. The van der Waals surface area contributed by atoms with Gasteiger partial charge in [-0.3, -0.25) is 9.59 Å². The summed E-state index contributed by atoms with van der Waals surface area (Å²) >= 11 is 0. The maximum Gasteiger partial charge on any atom is 0.295 e. The van der Waals surface area contributed by atoms with E-state index in [1.807, 2.05) is 25.9 Å². The number of hydrogen-bond donors (Lipinski definition) is 1.